The normalized spacial score (nSPS) is 11.4. The summed E-state index contributed by atoms with van der Waals surface area (Å²) in [5.41, 5.74) is 0.275. The maximum Gasteiger partial charge on any atom is 0.335 e. The summed E-state index contributed by atoms with van der Waals surface area (Å²) in [5.74, 6) is -1.22. The first-order chi connectivity index (χ1) is 10.7. The van der Waals surface area contributed by atoms with Crippen molar-refractivity contribution in [3.63, 3.8) is 0 Å². The summed E-state index contributed by atoms with van der Waals surface area (Å²) in [5, 5.41) is 14.4. The van der Waals surface area contributed by atoms with Gasteiger partial charge in [-0.3, -0.25) is 0 Å². The molecule has 0 bridgehead atoms. The van der Waals surface area contributed by atoms with Crippen molar-refractivity contribution in [2.24, 2.45) is 5.14 Å². The summed E-state index contributed by atoms with van der Waals surface area (Å²) in [4.78, 5) is 12.9. The summed E-state index contributed by atoms with van der Waals surface area (Å²) in [6.07, 6.45) is 3.71. The summed E-state index contributed by atoms with van der Waals surface area (Å²) in [7, 11) is 1.89. The predicted molar refractivity (Wildman–Crippen MR) is 92.2 cm³/mol. The van der Waals surface area contributed by atoms with Crippen LogP contribution in [0.4, 0.5) is 5.69 Å². The molecular weight excluding hydrogens is 315 g/mol. The zero-order valence-corrected chi connectivity index (χ0v) is 14.4. The van der Waals surface area contributed by atoms with Gasteiger partial charge in [-0.2, -0.15) is 0 Å². The van der Waals surface area contributed by atoms with Crippen LogP contribution in [0.15, 0.2) is 17.0 Å². The van der Waals surface area contributed by atoms with Gasteiger partial charge in [-0.25, -0.2) is 18.4 Å². The Bertz CT molecular complexity index is 654. The molecule has 0 fully saturated rings. The fraction of sp³-hybridized carbons (Fsp3) is 0.533. The van der Waals surface area contributed by atoms with Crippen molar-refractivity contribution in [2.75, 3.05) is 18.0 Å². The molecule has 126 valence electrons. The second-order valence-corrected chi connectivity index (χ2v) is 6.98. The minimum atomic E-state index is -4.10. The van der Waals surface area contributed by atoms with E-state index in [1.54, 1.807) is 0 Å². The van der Waals surface area contributed by atoms with Crippen LogP contribution in [0.1, 0.15) is 49.9 Å². The predicted octanol–water partition coefficient (Wildman–Crippen LogP) is 1.23. The number of carboxylic acids is 1. The van der Waals surface area contributed by atoms with Crippen molar-refractivity contribution in [3.05, 3.63) is 17.7 Å². The topological polar surface area (TPSA) is 101 Å². The van der Waals surface area contributed by atoms with Gasteiger partial charge in [-0.1, -0.05) is 32.2 Å². The lowest BCUT2D eigenvalue weighted by molar-refractivity contribution is 0.0696. The van der Waals surface area contributed by atoms with E-state index in [2.05, 4.69) is 0 Å². The molecule has 0 spiro atoms. The molecule has 1 rings (SSSR count). The quantitative estimate of drug-likeness (QED) is 0.660. The number of benzene rings is 1. The van der Waals surface area contributed by atoms with Crippen LogP contribution in [0.5, 0.6) is 0 Å². The van der Waals surface area contributed by atoms with Crippen molar-refractivity contribution in [1.82, 2.24) is 0 Å². The number of carboxylic acid groups (broad SMARTS) is 1. The Hall–Kier alpha value is -1.54. The van der Waals surface area contributed by atoms with Crippen LogP contribution in [0, 0.1) is 0 Å². The van der Waals surface area contributed by atoms with Gasteiger partial charge in [0.1, 0.15) is 7.85 Å². The number of nitrogens with zero attached hydrogens (tertiary/aromatic N) is 1. The maximum absolute atomic E-state index is 11.7. The van der Waals surface area contributed by atoms with Crippen molar-refractivity contribution >= 4 is 35.0 Å². The van der Waals surface area contributed by atoms with E-state index < -0.39 is 16.0 Å². The van der Waals surface area contributed by atoms with Gasteiger partial charge in [0.2, 0.25) is 10.0 Å². The Morgan fingerprint density at radius 3 is 2.13 bits per heavy atom. The average molecular weight is 338 g/mol. The summed E-state index contributed by atoms with van der Waals surface area (Å²) < 4.78 is 23.4. The average Bonchev–Trinajstić information content (AvgIpc) is 2.46. The first-order valence-corrected chi connectivity index (χ1v) is 9.21. The molecule has 0 saturated carbocycles. The van der Waals surface area contributed by atoms with Gasteiger partial charge in [0.05, 0.1) is 10.5 Å². The Kier molecular flexibility index (Phi) is 7.09. The molecule has 0 saturated heterocycles. The van der Waals surface area contributed by atoms with E-state index in [1.807, 2.05) is 18.7 Å². The van der Waals surface area contributed by atoms with Gasteiger partial charge >= 0.3 is 5.97 Å². The number of primary sulfonamides is 1. The molecule has 0 heterocycles. The lowest BCUT2D eigenvalue weighted by atomic mass is 9.91. The molecule has 3 N–H and O–H groups in total. The summed E-state index contributed by atoms with van der Waals surface area (Å²) in [6, 6.07) is 2.42. The van der Waals surface area contributed by atoms with E-state index in [0.29, 0.717) is 18.8 Å². The molecule has 0 aliphatic heterocycles. The first kappa shape index (κ1) is 19.5. The SMILES string of the molecule is [B]c1c(N(CCCC)CCCC)cc(C(=O)O)cc1S(N)(=O)=O. The number of hydrogen-bond acceptors (Lipinski definition) is 4. The molecule has 8 heteroatoms. The van der Waals surface area contributed by atoms with Crippen LogP contribution in [0.3, 0.4) is 0 Å². The van der Waals surface area contributed by atoms with E-state index in [-0.39, 0.29) is 15.9 Å². The van der Waals surface area contributed by atoms with Crippen LogP contribution < -0.4 is 15.5 Å². The molecule has 6 nitrogen and oxygen atoms in total. The molecule has 0 atom stereocenters. The summed E-state index contributed by atoms with van der Waals surface area (Å²) >= 11 is 0. The minimum Gasteiger partial charge on any atom is -0.478 e. The van der Waals surface area contributed by atoms with E-state index in [9.17, 15) is 18.3 Å². The number of carbonyl (C=O) groups is 1. The molecule has 1 aromatic carbocycles. The number of unbranched alkanes of at least 4 members (excludes halogenated alkanes) is 2. The van der Waals surface area contributed by atoms with Gasteiger partial charge in [0, 0.05) is 18.8 Å². The highest BCUT2D eigenvalue weighted by molar-refractivity contribution is 7.89. The highest BCUT2D eigenvalue weighted by atomic mass is 32.2. The number of rotatable bonds is 9. The van der Waals surface area contributed by atoms with E-state index in [1.165, 1.54) is 6.07 Å². The van der Waals surface area contributed by atoms with Gasteiger partial charge in [-0.05, 0) is 25.0 Å². The van der Waals surface area contributed by atoms with E-state index in [0.717, 1.165) is 31.7 Å². The maximum atomic E-state index is 11.7. The molecule has 0 aliphatic carbocycles. The number of sulfonamides is 1. The Balaban J connectivity index is 3.45. The fourth-order valence-corrected chi connectivity index (χ4v) is 2.99. The molecule has 0 aliphatic rings. The van der Waals surface area contributed by atoms with Crippen LogP contribution >= 0.6 is 0 Å². The number of aromatic carboxylic acids is 1. The zero-order valence-electron chi connectivity index (χ0n) is 13.6. The van der Waals surface area contributed by atoms with E-state index in [4.69, 9.17) is 13.0 Å². The van der Waals surface area contributed by atoms with Crippen molar-refractivity contribution in [1.29, 1.82) is 0 Å². The molecular formula is C15H23BN2O4S. The summed E-state index contributed by atoms with van der Waals surface area (Å²) in [6.45, 7) is 5.44. The molecule has 0 aromatic heterocycles. The van der Waals surface area contributed by atoms with Crippen molar-refractivity contribution in [3.8, 4) is 0 Å². The third-order valence-corrected chi connectivity index (χ3v) is 4.53. The van der Waals surface area contributed by atoms with E-state index >= 15 is 0 Å². The van der Waals surface area contributed by atoms with Crippen LogP contribution in [0.2, 0.25) is 0 Å². The Labute approximate surface area is 139 Å². The zero-order chi connectivity index (χ0) is 17.6. The molecule has 23 heavy (non-hydrogen) atoms. The monoisotopic (exact) mass is 338 g/mol. The van der Waals surface area contributed by atoms with Crippen LogP contribution in [-0.2, 0) is 10.0 Å². The van der Waals surface area contributed by atoms with Gasteiger partial charge in [0.15, 0.2) is 0 Å². The molecule has 1 aromatic rings. The van der Waals surface area contributed by atoms with Crippen LogP contribution in [0.25, 0.3) is 0 Å². The smallest absolute Gasteiger partial charge is 0.335 e. The number of nitrogens with two attached hydrogens (primary N) is 1. The lowest BCUT2D eigenvalue weighted by Crippen LogP contribution is -2.34. The van der Waals surface area contributed by atoms with Crippen molar-refractivity contribution in [2.45, 2.75) is 44.4 Å². The third kappa shape index (κ3) is 5.25. The molecule has 0 amide bonds. The Morgan fingerprint density at radius 1 is 1.22 bits per heavy atom. The third-order valence-electron chi connectivity index (χ3n) is 3.58. The number of anilines is 1. The first-order valence-electron chi connectivity index (χ1n) is 7.66. The second-order valence-electron chi connectivity index (χ2n) is 5.45. The highest BCUT2D eigenvalue weighted by Crippen LogP contribution is 2.20. The lowest BCUT2D eigenvalue weighted by Gasteiger charge is -2.28. The Morgan fingerprint density at radius 2 is 1.74 bits per heavy atom. The standard InChI is InChI=1S/C15H23BN2O4S/c1-3-5-7-18(8-6-4-2)12-9-11(15(19)20)10-13(14(12)16)23(17,21)22/h9-10H,3-8H2,1-2H3,(H,19,20)(H2,17,21,22). The highest BCUT2D eigenvalue weighted by Gasteiger charge is 2.20. The van der Waals surface area contributed by atoms with Crippen LogP contribution in [-0.4, -0.2) is 40.4 Å². The molecule has 2 radical (unpaired) electrons. The largest absolute Gasteiger partial charge is 0.478 e. The molecule has 0 unspecified atom stereocenters. The number of hydrogen-bond donors (Lipinski definition) is 2. The van der Waals surface area contributed by atoms with Gasteiger partial charge < -0.3 is 10.0 Å². The second kappa shape index (κ2) is 8.35. The van der Waals surface area contributed by atoms with Gasteiger partial charge in [0.25, 0.3) is 0 Å². The minimum absolute atomic E-state index is 0.00436. The van der Waals surface area contributed by atoms with Gasteiger partial charge in [-0.15, -0.1) is 0 Å². The van der Waals surface area contributed by atoms with Crippen molar-refractivity contribution < 1.29 is 18.3 Å². The fourth-order valence-electron chi connectivity index (χ4n) is 2.28.